The summed E-state index contributed by atoms with van der Waals surface area (Å²) in [6, 6.07) is 5.04. The topological polar surface area (TPSA) is 116 Å². The van der Waals surface area contributed by atoms with Crippen molar-refractivity contribution in [3.8, 4) is 0 Å². The van der Waals surface area contributed by atoms with Crippen LogP contribution in [0.2, 0.25) is 0 Å². The molecule has 13 heteroatoms. The highest BCUT2D eigenvalue weighted by atomic mass is 32.2. The second-order valence-electron chi connectivity index (χ2n) is 7.21. The second kappa shape index (κ2) is 9.28. The molecular formula is C19H23F3N6O3S. The van der Waals surface area contributed by atoms with Crippen LogP contribution in [0.5, 0.6) is 0 Å². The van der Waals surface area contributed by atoms with Gasteiger partial charge in [-0.05, 0) is 30.2 Å². The molecule has 174 valence electrons. The first-order chi connectivity index (χ1) is 15.0. The zero-order chi connectivity index (χ0) is 23.5. The van der Waals surface area contributed by atoms with Crippen molar-refractivity contribution in [1.29, 1.82) is 0 Å². The van der Waals surface area contributed by atoms with Gasteiger partial charge in [-0.1, -0.05) is 6.92 Å². The number of amides is 1. The number of hydrogen-bond acceptors (Lipinski definition) is 7. The predicted molar refractivity (Wildman–Crippen MR) is 114 cm³/mol. The number of aromatic nitrogens is 2. The summed E-state index contributed by atoms with van der Waals surface area (Å²) < 4.78 is 64.6. The van der Waals surface area contributed by atoms with E-state index in [9.17, 15) is 26.4 Å². The Bertz CT molecular complexity index is 1110. The fourth-order valence-electron chi connectivity index (χ4n) is 3.24. The van der Waals surface area contributed by atoms with Gasteiger partial charge >= 0.3 is 6.18 Å². The number of hydrogen-bond donors (Lipinski definition) is 3. The monoisotopic (exact) mass is 472 g/mol. The average Bonchev–Trinajstić information content (AvgIpc) is 3.05. The molecular weight excluding hydrogens is 449 g/mol. The molecule has 3 N–H and O–H groups in total. The predicted octanol–water partition coefficient (Wildman–Crippen LogP) is 2.82. The van der Waals surface area contributed by atoms with Gasteiger partial charge in [0.15, 0.2) is 0 Å². The van der Waals surface area contributed by atoms with Crippen LogP contribution >= 0.6 is 0 Å². The summed E-state index contributed by atoms with van der Waals surface area (Å²) in [5.74, 6) is -0.591. The van der Waals surface area contributed by atoms with Crippen LogP contribution < -0.4 is 16.0 Å². The summed E-state index contributed by atoms with van der Waals surface area (Å²) in [5, 5.41) is 8.18. The van der Waals surface area contributed by atoms with Gasteiger partial charge in [-0.2, -0.15) is 18.2 Å². The molecule has 0 aliphatic carbocycles. The lowest BCUT2D eigenvalue weighted by Crippen LogP contribution is -2.31. The lowest BCUT2D eigenvalue weighted by molar-refractivity contribution is -0.137. The molecule has 9 nitrogen and oxygen atoms in total. The third-order valence-electron chi connectivity index (χ3n) is 4.78. The minimum absolute atomic E-state index is 0.0518. The number of sulfonamides is 1. The Hall–Kier alpha value is -2.93. The van der Waals surface area contributed by atoms with Gasteiger partial charge in [0, 0.05) is 37.2 Å². The summed E-state index contributed by atoms with van der Waals surface area (Å²) in [5.41, 5.74) is 0.947. The molecule has 0 spiro atoms. The highest BCUT2D eigenvalue weighted by molar-refractivity contribution is 7.88. The third kappa shape index (κ3) is 5.85. The number of fused-ring (bicyclic) bond motifs is 1. The van der Waals surface area contributed by atoms with E-state index in [0.717, 1.165) is 11.8 Å². The molecule has 1 aliphatic rings. The largest absolute Gasteiger partial charge is 0.421 e. The summed E-state index contributed by atoms with van der Waals surface area (Å²) >= 11 is 0. The standard InChI is InChI=1S/C19H23F3N6O3S/c1-3-28(32(2,30)31)8-4-7-23-17-14(19(20,21)22)11-24-18(27-17)25-13-5-6-15-12(9-13)10-16(29)26-15/h5-6,9,11H,3-4,7-8,10H2,1-2H3,(H,26,29)(H2,23,24,25,27). The highest BCUT2D eigenvalue weighted by Crippen LogP contribution is 2.34. The molecule has 0 saturated heterocycles. The molecule has 1 aromatic carbocycles. The Labute approximate surface area is 183 Å². The molecule has 0 unspecified atom stereocenters. The van der Waals surface area contributed by atoms with Gasteiger partial charge in [-0.15, -0.1) is 0 Å². The number of anilines is 4. The first-order valence-electron chi connectivity index (χ1n) is 9.80. The van der Waals surface area contributed by atoms with E-state index < -0.39 is 27.6 Å². The van der Waals surface area contributed by atoms with Gasteiger partial charge in [-0.3, -0.25) is 4.79 Å². The van der Waals surface area contributed by atoms with E-state index in [-0.39, 0.29) is 44.3 Å². The summed E-state index contributed by atoms with van der Waals surface area (Å²) in [7, 11) is -3.38. The zero-order valence-corrected chi connectivity index (χ0v) is 18.3. The maximum absolute atomic E-state index is 13.4. The fraction of sp³-hybridized carbons (Fsp3) is 0.421. The molecule has 2 aromatic rings. The number of alkyl halides is 3. The Balaban J connectivity index is 1.72. The molecule has 0 bridgehead atoms. The van der Waals surface area contributed by atoms with Crippen molar-refractivity contribution in [1.82, 2.24) is 14.3 Å². The van der Waals surface area contributed by atoms with Crippen molar-refractivity contribution in [3.63, 3.8) is 0 Å². The van der Waals surface area contributed by atoms with Gasteiger partial charge in [0.2, 0.25) is 21.9 Å². The maximum Gasteiger partial charge on any atom is 0.421 e. The van der Waals surface area contributed by atoms with Gasteiger partial charge in [0.25, 0.3) is 0 Å². The molecule has 0 radical (unpaired) electrons. The van der Waals surface area contributed by atoms with E-state index in [4.69, 9.17) is 0 Å². The molecule has 0 fully saturated rings. The first kappa shape index (κ1) is 23.7. The van der Waals surface area contributed by atoms with E-state index in [0.29, 0.717) is 17.6 Å². The van der Waals surface area contributed by atoms with Crippen LogP contribution in [0.3, 0.4) is 0 Å². The SMILES string of the molecule is CCN(CCCNc1nc(Nc2ccc3c(c2)CC(=O)N3)ncc1C(F)(F)F)S(C)(=O)=O. The molecule has 32 heavy (non-hydrogen) atoms. The smallest absolute Gasteiger partial charge is 0.369 e. The summed E-state index contributed by atoms with van der Waals surface area (Å²) in [6.45, 7) is 2.21. The van der Waals surface area contributed by atoms with Crippen molar-refractivity contribution >= 4 is 39.1 Å². The number of halogens is 3. The lowest BCUT2D eigenvalue weighted by atomic mass is 10.1. The number of nitrogens with one attached hydrogen (secondary N) is 3. The molecule has 2 heterocycles. The van der Waals surface area contributed by atoms with Crippen molar-refractivity contribution in [3.05, 3.63) is 35.5 Å². The lowest BCUT2D eigenvalue weighted by Gasteiger charge is -2.18. The minimum Gasteiger partial charge on any atom is -0.369 e. The van der Waals surface area contributed by atoms with E-state index in [1.807, 2.05) is 0 Å². The van der Waals surface area contributed by atoms with Gasteiger partial charge < -0.3 is 16.0 Å². The normalized spacial score (nSPS) is 13.8. The first-order valence-corrected chi connectivity index (χ1v) is 11.6. The summed E-state index contributed by atoms with van der Waals surface area (Å²) in [4.78, 5) is 19.2. The van der Waals surface area contributed by atoms with Crippen LogP contribution in [0.1, 0.15) is 24.5 Å². The van der Waals surface area contributed by atoms with Crippen LogP contribution in [0.15, 0.2) is 24.4 Å². The number of nitrogens with zero attached hydrogens (tertiary/aromatic N) is 3. The number of carbonyl (C=O) groups excluding carboxylic acids is 1. The summed E-state index contributed by atoms with van der Waals surface area (Å²) in [6.07, 6.45) is -2.39. The molecule has 3 rings (SSSR count). The molecule has 1 amide bonds. The molecule has 0 saturated carbocycles. The third-order valence-corrected chi connectivity index (χ3v) is 6.16. The quantitative estimate of drug-likeness (QED) is 0.481. The van der Waals surface area contributed by atoms with E-state index >= 15 is 0 Å². The zero-order valence-electron chi connectivity index (χ0n) is 17.5. The molecule has 1 aromatic heterocycles. The van der Waals surface area contributed by atoms with E-state index in [1.165, 1.54) is 4.31 Å². The molecule has 0 atom stereocenters. The van der Waals surface area contributed by atoms with Crippen molar-refractivity contribution < 1.29 is 26.4 Å². The Morgan fingerprint density at radius 1 is 1.28 bits per heavy atom. The van der Waals surface area contributed by atoms with Crippen LogP contribution in [0.4, 0.5) is 36.3 Å². The Morgan fingerprint density at radius 2 is 2.03 bits per heavy atom. The van der Waals surface area contributed by atoms with E-state index in [1.54, 1.807) is 25.1 Å². The van der Waals surface area contributed by atoms with Gasteiger partial charge in [0.1, 0.15) is 11.4 Å². The van der Waals surface area contributed by atoms with Crippen LogP contribution in [0, 0.1) is 0 Å². The van der Waals surface area contributed by atoms with Crippen LogP contribution in [0.25, 0.3) is 0 Å². The van der Waals surface area contributed by atoms with Gasteiger partial charge in [-0.25, -0.2) is 17.7 Å². The molecule has 1 aliphatic heterocycles. The highest BCUT2D eigenvalue weighted by Gasteiger charge is 2.35. The van der Waals surface area contributed by atoms with Crippen LogP contribution in [-0.2, 0) is 27.4 Å². The van der Waals surface area contributed by atoms with Gasteiger partial charge in [0.05, 0.1) is 12.7 Å². The maximum atomic E-state index is 13.4. The number of benzene rings is 1. The minimum atomic E-state index is -4.66. The Kier molecular flexibility index (Phi) is 6.88. The Morgan fingerprint density at radius 3 is 2.69 bits per heavy atom. The fourth-order valence-corrected chi connectivity index (χ4v) is 4.17. The van der Waals surface area contributed by atoms with E-state index in [2.05, 4.69) is 25.9 Å². The average molecular weight is 472 g/mol. The van der Waals surface area contributed by atoms with Crippen molar-refractivity contribution in [2.75, 3.05) is 41.8 Å². The second-order valence-corrected chi connectivity index (χ2v) is 9.19. The van der Waals surface area contributed by atoms with Crippen molar-refractivity contribution in [2.24, 2.45) is 0 Å². The number of carbonyl (C=O) groups is 1. The number of rotatable bonds is 9. The van der Waals surface area contributed by atoms with Crippen molar-refractivity contribution in [2.45, 2.75) is 25.9 Å². The van der Waals surface area contributed by atoms with Crippen LogP contribution in [-0.4, -0.2) is 54.5 Å².